The van der Waals surface area contributed by atoms with Crippen molar-refractivity contribution < 1.29 is 9.53 Å². The van der Waals surface area contributed by atoms with Crippen molar-refractivity contribution in [1.82, 2.24) is 4.98 Å². The second-order valence-corrected chi connectivity index (χ2v) is 5.06. The van der Waals surface area contributed by atoms with E-state index in [0.717, 1.165) is 5.69 Å². The van der Waals surface area contributed by atoms with Gasteiger partial charge in [-0.3, -0.25) is 0 Å². The standard InChI is InChI=1S/C16H19N3O2/c1-10(2)11-4-6-13(7-5-11)19-15-14(16(20)21-3)8-12(17)9-18-15/h4-10H,17H2,1-3H3,(H,18,19). The van der Waals surface area contributed by atoms with Gasteiger partial charge < -0.3 is 15.8 Å². The number of benzene rings is 1. The van der Waals surface area contributed by atoms with Crippen LogP contribution >= 0.6 is 0 Å². The first-order chi connectivity index (χ1) is 10.0. The minimum atomic E-state index is -0.476. The molecule has 0 atom stereocenters. The largest absolute Gasteiger partial charge is 0.465 e. The highest BCUT2D eigenvalue weighted by molar-refractivity contribution is 5.96. The topological polar surface area (TPSA) is 77.2 Å². The van der Waals surface area contributed by atoms with Gasteiger partial charge in [0.25, 0.3) is 0 Å². The predicted octanol–water partition coefficient (Wildman–Crippen LogP) is 3.32. The van der Waals surface area contributed by atoms with Crippen molar-refractivity contribution in [1.29, 1.82) is 0 Å². The van der Waals surface area contributed by atoms with Crippen molar-refractivity contribution in [2.45, 2.75) is 19.8 Å². The Morgan fingerprint density at radius 2 is 1.95 bits per heavy atom. The molecule has 0 bridgehead atoms. The number of nitrogens with two attached hydrogens (primary N) is 1. The van der Waals surface area contributed by atoms with E-state index in [-0.39, 0.29) is 0 Å². The number of rotatable bonds is 4. The van der Waals surface area contributed by atoms with Crippen LogP contribution in [0.3, 0.4) is 0 Å². The number of hydrogen-bond acceptors (Lipinski definition) is 5. The number of aromatic nitrogens is 1. The van der Waals surface area contributed by atoms with Crippen LogP contribution in [0.5, 0.6) is 0 Å². The average molecular weight is 285 g/mol. The molecule has 0 radical (unpaired) electrons. The molecule has 0 saturated carbocycles. The van der Waals surface area contributed by atoms with Crippen LogP contribution in [0.1, 0.15) is 35.7 Å². The molecule has 110 valence electrons. The lowest BCUT2D eigenvalue weighted by Gasteiger charge is -2.11. The Bertz CT molecular complexity index is 636. The molecular weight excluding hydrogens is 266 g/mol. The van der Waals surface area contributed by atoms with Crippen molar-refractivity contribution in [2.24, 2.45) is 0 Å². The lowest BCUT2D eigenvalue weighted by molar-refractivity contribution is 0.0601. The number of anilines is 3. The van der Waals surface area contributed by atoms with Gasteiger partial charge in [-0.05, 0) is 29.7 Å². The van der Waals surface area contributed by atoms with Gasteiger partial charge in [-0.1, -0.05) is 26.0 Å². The van der Waals surface area contributed by atoms with Gasteiger partial charge in [-0.2, -0.15) is 0 Å². The molecule has 1 aromatic carbocycles. The quantitative estimate of drug-likeness (QED) is 0.843. The van der Waals surface area contributed by atoms with Crippen molar-refractivity contribution in [2.75, 3.05) is 18.2 Å². The van der Waals surface area contributed by atoms with Crippen LogP contribution in [0.25, 0.3) is 0 Å². The molecule has 5 heteroatoms. The third kappa shape index (κ3) is 3.51. The molecule has 0 unspecified atom stereocenters. The number of carbonyl (C=O) groups excluding carboxylic acids is 1. The molecule has 0 aliphatic heterocycles. The molecule has 3 N–H and O–H groups in total. The Balaban J connectivity index is 2.28. The molecule has 1 heterocycles. The summed E-state index contributed by atoms with van der Waals surface area (Å²) < 4.78 is 4.75. The minimum absolute atomic E-state index is 0.311. The fraction of sp³-hybridized carbons (Fsp3) is 0.250. The van der Waals surface area contributed by atoms with Crippen LogP contribution < -0.4 is 11.1 Å². The number of pyridine rings is 1. The first kappa shape index (κ1) is 14.8. The summed E-state index contributed by atoms with van der Waals surface area (Å²) in [5.74, 6) is 0.420. The third-order valence-electron chi connectivity index (χ3n) is 3.15. The van der Waals surface area contributed by atoms with E-state index in [1.54, 1.807) is 6.07 Å². The monoisotopic (exact) mass is 285 g/mol. The van der Waals surface area contributed by atoms with Gasteiger partial charge in [-0.25, -0.2) is 9.78 Å². The predicted molar refractivity (Wildman–Crippen MR) is 83.8 cm³/mol. The van der Waals surface area contributed by atoms with Gasteiger partial charge in [0, 0.05) is 5.69 Å². The van der Waals surface area contributed by atoms with E-state index >= 15 is 0 Å². The summed E-state index contributed by atoms with van der Waals surface area (Å²) in [6.45, 7) is 4.28. The van der Waals surface area contributed by atoms with E-state index in [1.165, 1.54) is 18.9 Å². The van der Waals surface area contributed by atoms with E-state index in [9.17, 15) is 4.79 Å². The summed E-state index contributed by atoms with van der Waals surface area (Å²) in [4.78, 5) is 15.9. The summed E-state index contributed by atoms with van der Waals surface area (Å²) >= 11 is 0. The summed E-state index contributed by atoms with van der Waals surface area (Å²) in [6, 6.07) is 9.54. The first-order valence-corrected chi connectivity index (χ1v) is 6.72. The molecule has 21 heavy (non-hydrogen) atoms. The molecule has 0 saturated heterocycles. The maximum atomic E-state index is 11.8. The van der Waals surface area contributed by atoms with Crippen molar-refractivity contribution in [3.05, 3.63) is 47.7 Å². The summed E-state index contributed by atoms with van der Waals surface area (Å²) in [6.07, 6.45) is 1.50. The number of carbonyl (C=O) groups is 1. The number of hydrogen-bond donors (Lipinski definition) is 2. The minimum Gasteiger partial charge on any atom is -0.465 e. The molecule has 2 rings (SSSR count). The van der Waals surface area contributed by atoms with Gasteiger partial charge in [0.15, 0.2) is 0 Å². The van der Waals surface area contributed by atoms with Crippen LogP contribution in [-0.2, 0) is 4.74 Å². The molecule has 0 aliphatic carbocycles. The highest BCUT2D eigenvalue weighted by Crippen LogP contribution is 2.23. The van der Waals surface area contributed by atoms with Crippen molar-refractivity contribution >= 4 is 23.2 Å². The van der Waals surface area contributed by atoms with Crippen LogP contribution in [0.15, 0.2) is 36.5 Å². The fourth-order valence-electron chi connectivity index (χ4n) is 1.93. The van der Waals surface area contributed by atoms with Gasteiger partial charge in [0.1, 0.15) is 11.4 Å². The molecule has 0 amide bonds. The zero-order valence-corrected chi connectivity index (χ0v) is 12.4. The van der Waals surface area contributed by atoms with E-state index in [4.69, 9.17) is 10.5 Å². The molecule has 2 aromatic rings. The van der Waals surface area contributed by atoms with Gasteiger partial charge in [0.2, 0.25) is 0 Å². The van der Waals surface area contributed by atoms with Gasteiger partial charge in [-0.15, -0.1) is 0 Å². The Morgan fingerprint density at radius 1 is 1.29 bits per heavy atom. The van der Waals surface area contributed by atoms with Crippen molar-refractivity contribution in [3.8, 4) is 0 Å². The molecule has 5 nitrogen and oxygen atoms in total. The number of nitrogens with one attached hydrogen (secondary N) is 1. The highest BCUT2D eigenvalue weighted by Gasteiger charge is 2.14. The maximum Gasteiger partial charge on any atom is 0.341 e. The molecular formula is C16H19N3O2. The zero-order valence-electron chi connectivity index (χ0n) is 12.4. The SMILES string of the molecule is COC(=O)c1cc(N)cnc1Nc1ccc(C(C)C)cc1. The molecule has 1 aromatic heterocycles. The van der Waals surface area contributed by atoms with Crippen LogP contribution in [0, 0.1) is 0 Å². The van der Waals surface area contributed by atoms with E-state index in [1.807, 2.05) is 24.3 Å². The normalized spacial score (nSPS) is 10.5. The molecule has 0 fully saturated rings. The second kappa shape index (κ2) is 6.26. The summed E-state index contributed by atoms with van der Waals surface area (Å²) in [7, 11) is 1.33. The first-order valence-electron chi connectivity index (χ1n) is 6.72. The smallest absolute Gasteiger partial charge is 0.341 e. The highest BCUT2D eigenvalue weighted by atomic mass is 16.5. The number of nitrogens with zero attached hydrogens (tertiary/aromatic N) is 1. The molecule has 0 aliphatic rings. The van der Waals surface area contributed by atoms with Crippen LogP contribution in [-0.4, -0.2) is 18.1 Å². The Labute approximate surface area is 124 Å². The van der Waals surface area contributed by atoms with E-state index < -0.39 is 5.97 Å². The van der Waals surface area contributed by atoms with Crippen molar-refractivity contribution in [3.63, 3.8) is 0 Å². The number of esters is 1. The van der Waals surface area contributed by atoms with Gasteiger partial charge in [0.05, 0.1) is 19.0 Å². The number of methoxy groups -OCH3 is 1. The Hall–Kier alpha value is -2.56. The second-order valence-electron chi connectivity index (χ2n) is 5.06. The van der Waals surface area contributed by atoms with Crippen LogP contribution in [0.2, 0.25) is 0 Å². The maximum absolute atomic E-state index is 11.8. The van der Waals surface area contributed by atoms with E-state index in [0.29, 0.717) is 23.0 Å². The third-order valence-corrected chi connectivity index (χ3v) is 3.15. The fourth-order valence-corrected chi connectivity index (χ4v) is 1.93. The Kier molecular flexibility index (Phi) is 4.42. The summed E-state index contributed by atoms with van der Waals surface area (Å²) in [5.41, 5.74) is 8.49. The van der Waals surface area contributed by atoms with Gasteiger partial charge >= 0.3 is 5.97 Å². The Morgan fingerprint density at radius 3 is 2.52 bits per heavy atom. The average Bonchev–Trinajstić information content (AvgIpc) is 2.48. The molecule has 0 spiro atoms. The lowest BCUT2D eigenvalue weighted by atomic mass is 10.0. The lowest BCUT2D eigenvalue weighted by Crippen LogP contribution is -2.08. The van der Waals surface area contributed by atoms with E-state index in [2.05, 4.69) is 24.1 Å². The number of nitrogen functional groups attached to an aromatic ring is 1. The number of ether oxygens (including phenoxy) is 1. The van der Waals surface area contributed by atoms with Crippen LogP contribution in [0.4, 0.5) is 17.2 Å². The summed E-state index contributed by atoms with van der Waals surface area (Å²) in [5, 5.41) is 3.11. The zero-order chi connectivity index (χ0) is 15.4.